The normalized spacial score (nSPS) is 11.2. The van der Waals surface area contributed by atoms with Crippen molar-refractivity contribution in [2.24, 2.45) is 0 Å². The average molecular weight is 402 g/mol. The molecule has 0 heterocycles. The fourth-order valence-corrected chi connectivity index (χ4v) is 2.61. The van der Waals surface area contributed by atoms with Crippen LogP contribution in [-0.4, -0.2) is 45.8 Å². The van der Waals surface area contributed by atoms with Crippen molar-refractivity contribution in [3.05, 3.63) is 42.0 Å². The Balaban J connectivity index is 2.06. The predicted octanol–water partition coefficient (Wildman–Crippen LogP) is 2.87. The minimum Gasteiger partial charge on any atom is -0.494 e. The number of rotatable bonds is 9. The zero-order valence-electron chi connectivity index (χ0n) is 17.2. The van der Waals surface area contributed by atoms with Crippen LogP contribution in [0, 0.1) is 0 Å². The van der Waals surface area contributed by atoms with E-state index in [4.69, 9.17) is 18.9 Å². The molecular weight excluding hydrogens is 376 g/mol. The van der Waals surface area contributed by atoms with Gasteiger partial charge in [0, 0.05) is 11.3 Å². The summed E-state index contributed by atoms with van der Waals surface area (Å²) in [7, 11) is 4.41. The van der Waals surface area contributed by atoms with Gasteiger partial charge in [-0.15, -0.1) is 0 Å². The molecule has 0 bridgehead atoms. The minimum absolute atomic E-state index is 0.278. The second kappa shape index (κ2) is 10.2. The molecule has 2 amide bonds. The van der Waals surface area contributed by atoms with Crippen molar-refractivity contribution in [1.82, 2.24) is 5.32 Å². The summed E-state index contributed by atoms with van der Waals surface area (Å²) in [5.41, 5.74) is 0.882. The standard InChI is InChI=1S/C21H26N2O6/c1-6-29-16-9-7-15(8-10-16)23-20(24)13(2)22-21(25)14-11-17(26-3)19(28-5)18(12-14)27-4/h7-13H,6H2,1-5H3,(H,22,25)(H,23,24)/t13-/m0/s1. The van der Waals surface area contributed by atoms with Gasteiger partial charge in [0.15, 0.2) is 11.5 Å². The average Bonchev–Trinajstić information content (AvgIpc) is 2.73. The highest BCUT2D eigenvalue weighted by Crippen LogP contribution is 2.38. The lowest BCUT2D eigenvalue weighted by Gasteiger charge is -2.17. The topological polar surface area (TPSA) is 95.1 Å². The highest BCUT2D eigenvalue weighted by Gasteiger charge is 2.20. The van der Waals surface area contributed by atoms with Crippen molar-refractivity contribution in [3.63, 3.8) is 0 Å². The molecule has 0 spiro atoms. The largest absolute Gasteiger partial charge is 0.494 e. The molecule has 2 rings (SSSR count). The maximum absolute atomic E-state index is 12.6. The lowest BCUT2D eigenvalue weighted by atomic mass is 10.1. The SMILES string of the molecule is CCOc1ccc(NC(=O)[C@H](C)NC(=O)c2cc(OC)c(OC)c(OC)c2)cc1. The number of nitrogens with one attached hydrogen (secondary N) is 2. The van der Waals surface area contributed by atoms with Gasteiger partial charge in [0.25, 0.3) is 5.91 Å². The van der Waals surface area contributed by atoms with E-state index in [0.29, 0.717) is 35.3 Å². The Morgan fingerprint density at radius 2 is 1.55 bits per heavy atom. The molecule has 0 fully saturated rings. The van der Waals surface area contributed by atoms with E-state index in [0.717, 1.165) is 0 Å². The number of amides is 2. The molecule has 0 saturated heterocycles. The maximum atomic E-state index is 12.6. The van der Waals surface area contributed by atoms with Gasteiger partial charge in [0.2, 0.25) is 11.7 Å². The summed E-state index contributed by atoms with van der Waals surface area (Å²) in [5.74, 6) is 1.00. The molecule has 2 aromatic carbocycles. The molecule has 0 unspecified atom stereocenters. The first-order valence-corrected chi connectivity index (χ1v) is 9.08. The van der Waals surface area contributed by atoms with Crippen LogP contribution in [0.5, 0.6) is 23.0 Å². The van der Waals surface area contributed by atoms with Crippen LogP contribution in [-0.2, 0) is 4.79 Å². The molecule has 8 heteroatoms. The molecule has 1 atom stereocenters. The number of hydrogen-bond donors (Lipinski definition) is 2. The summed E-state index contributed by atoms with van der Waals surface area (Å²) in [6, 6.07) is 9.26. The quantitative estimate of drug-likeness (QED) is 0.670. The van der Waals surface area contributed by atoms with Gasteiger partial charge in [-0.05, 0) is 50.2 Å². The number of benzene rings is 2. The van der Waals surface area contributed by atoms with Crippen molar-refractivity contribution in [2.45, 2.75) is 19.9 Å². The van der Waals surface area contributed by atoms with Gasteiger partial charge in [0.05, 0.1) is 27.9 Å². The third kappa shape index (κ3) is 5.54. The Morgan fingerprint density at radius 1 is 0.966 bits per heavy atom. The third-order valence-electron chi connectivity index (χ3n) is 4.10. The molecule has 0 aliphatic rings. The van der Waals surface area contributed by atoms with Crippen LogP contribution >= 0.6 is 0 Å². The predicted molar refractivity (Wildman–Crippen MR) is 109 cm³/mol. The lowest BCUT2D eigenvalue weighted by molar-refractivity contribution is -0.117. The summed E-state index contributed by atoms with van der Waals surface area (Å²) >= 11 is 0. The van der Waals surface area contributed by atoms with Crippen LogP contribution < -0.4 is 29.6 Å². The van der Waals surface area contributed by atoms with Crippen LogP contribution in [0.3, 0.4) is 0 Å². The number of hydrogen-bond acceptors (Lipinski definition) is 6. The van der Waals surface area contributed by atoms with E-state index >= 15 is 0 Å². The molecule has 8 nitrogen and oxygen atoms in total. The minimum atomic E-state index is -0.770. The summed E-state index contributed by atoms with van der Waals surface area (Å²) in [5, 5.41) is 5.41. The second-order valence-electron chi connectivity index (χ2n) is 6.06. The van der Waals surface area contributed by atoms with Gasteiger partial charge in [-0.2, -0.15) is 0 Å². The molecular formula is C21H26N2O6. The highest BCUT2D eigenvalue weighted by molar-refractivity contribution is 6.01. The molecule has 0 aliphatic carbocycles. The lowest BCUT2D eigenvalue weighted by Crippen LogP contribution is -2.41. The van der Waals surface area contributed by atoms with Crippen LogP contribution in [0.25, 0.3) is 0 Å². The zero-order chi connectivity index (χ0) is 21.4. The van der Waals surface area contributed by atoms with Crippen molar-refractivity contribution in [1.29, 1.82) is 0 Å². The number of anilines is 1. The van der Waals surface area contributed by atoms with E-state index in [1.807, 2.05) is 6.92 Å². The Labute approximate surface area is 170 Å². The van der Waals surface area contributed by atoms with Gasteiger partial charge >= 0.3 is 0 Å². The van der Waals surface area contributed by atoms with Gasteiger partial charge in [-0.1, -0.05) is 0 Å². The molecule has 0 saturated carbocycles. The Bertz CT molecular complexity index is 826. The maximum Gasteiger partial charge on any atom is 0.252 e. The van der Waals surface area contributed by atoms with Crippen LogP contribution in [0.15, 0.2) is 36.4 Å². The summed E-state index contributed by atoms with van der Waals surface area (Å²) in [6.07, 6.45) is 0. The number of carbonyl (C=O) groups is 2. The first-order chi connectivity index (χ1) is 13.9. The third-order valence-corrected chi connectivity index (χ3v) is 4.10. The van der Waals surface area contributed by atoms with Gasteiger partial charge in [-0.3, -0.25) is 9.59 Å². The first kappa shape index (κ1) is 21.9. The van der Waals surface area contributed by atoms with Crippen LogP contribution in [0.1, 0.15) is 24.2 Å². The van der Waals surface area contributed by atoms with E-state index in [-0.39, 0.29) is 11.5 Å². The summed E-state index contributed by atoms with van der Waals surface area (Å²) < 4.78 is 21.1. The highest BCUT2D eigenvalue weighted by atomic mass is 16.5. The van der Waals surface area contributed by atoms with E-state index < -0.39 is 11.9 Å². The summed E-state index contributed by atoms with van der Waals surface area (Å²) in [4.78, 5) is 25.0. The molecule has 2 aromatic rings. The van der Waals surface area contributed by atoms with Gasteiger partial charge in [-0.25, -0.2) is 0 Å². The monoisotopic (exact) mass is 402 g/mol. The molecule has 0 aromatic heterocycles. The smallest absolute Gasteiger partial charge is 0.252 e. The summed E-state index contributed by atoms with van der Waals surface area (Å²) in [6.45, 7) is 4.06. The number of methoxy groups -OCH3 is 3. The molecule has 156 valence electrons. The number of carbonyl (C=O) groups excluding carboxylic acids is 2. The van der Waals surface area contributed by atoms with E-state index in [2.05, 4.69) is 10.6 Å². The van der Waals surface area contributed by atoms with Gasteiger partial charge in [0.1, 0.15) is 11.8 Å². The van der Waals surface area contributed by atoms with Crippen molar-refractivity contribution >= 4 is 17.5 Å². The first-order valence-electron chi connectivity index (χ1n) is 9.08. The van der Waals surface area contributed by atoms with E-state index in [1.165, 1.54) is 33.5 Å². The Kier molecular flexibility index (Phi) is 7.70. The van der Waals surface area contributed by atoms with Gasteiger partial charge < -0.3 is 29.6 Å². The van der Waals surface area contributed by atoms with Crippen LogP contribution in [0.2, 0.25) is 0 Å². The second-order valence-corrected chi connectivity index (χ2v) is 6.06. The van der Waals surface area contributed by atoms with Crippen LogP contribution in [0.4, 0.5) is 5.69 Å². The van der Waals surface area contributed by atoms with Crippen molar-refractivity contribution < 1.29 is 28.5 Å². The zero-order valence-corrected chi connectivity index (χ0v) is 17.2. The Hall–Kier alpha value is -3.42. The fourth-order valence-electron chi connectivity index (χ4n) is 2.61. The van der Waals surface area contributed by atoms with Crippen molar-refractivity contribution in [2.75, 3.05) is 33.3 Å². The fraction of sp³-hybridized carbons (Fsp3) is 0.333. The Morgan fingerprint density at radius 3 is 2.03 bits per heavy atom. The molecule has 0 aliphatic heterocycles. The molecule has 29 heavy (non-hydrogen) atoms. The van der Waals surface area contributed by atoms with E-state index in [9.17, 15) is 9.59 Å². The van der Waals surface area contributed by atoms with E-state index in [1.54, 1.807) is 31.2 Å². The molecule has 0 radical (unpaired) electrons. The number of ether oxygens (including phenoxy) is 4. The van der Waals surface area contributed by atoms with Crippen molar-refractivity contribution in [3.8, 4) is 23.0 Å². The molecule has 2 N–H and O–H groups in total.